The van der Waals surface area contributed by atoms with E-state index in [0.717, 1.165) is 37.0 Å². The second-order valence-electron chi connectivity index (χ2n) is 8.45. The van der Waals surface area contributed by atoms with E-state index in [2.05, 4.69) is 17.2 Å². The number of carbonyl (C=O) groups excluding carboxylic acids is 3. The standard InChI is InChI=1S/C20H30N4O4S/c1-3-4-5-15(11-23(28)13-25)8-17(26)24-12-20(6-7-20)9-16(24)18(27)22-19-21-10-14(2)29-19/h10,13,15-16,28H,3-9,11-12H2,1-2H3,(H,21,22,27)/t15?,16-/m0/s1. The summed E-state index contributed by atoms with van der Waals surface area (Å²) in [6.45, 7) is 4.73. The van der Waals surface area contributed by atoms with Crippen LogP contribution in [-0.4, -0.2) is 57.5 Å². The smallest absolute Gasteiger partial charge is 0.248 e. The summed E-state index contributed by atoms with van der Waals surface area (Å²) < 4.78 is 0. The van der Waals surface area contributed by atoms with E-state index in [-0.39, 0.29) is 36.1 Å². The molecule has 1 aliphatic heterocycles. The second kappa shape index (κ2) is 9.21. The van der Waals surface area contributed by atoms with Gasteiger partial charge in [-0.05, 0) is 43.9 Å². The van der Waals surface area contributed by atoms with Crippen LogP contribution in [-0.2, 0) is 14.4 Å². The Morgan fingerprint density at radius 3 is 2.86 bits per heavy atom. The molecule has 1 aliphatic carbocycles. The number of hydroxylamine groups is 2. The van der Waals surface area contributed by atoms with Gasteiger partial charge in [-0.25, -0.2) is 10.0 Å². The minimum absolute atomic E-state index is 0.0790. The van der Waals surface area contributed by atoms with Crippen molar-refractivity contribution in [3.63, 3.8) is 0 Å². The van der Waals surface area contributed by atoms with E-state index in [1.807, 2.05) is 6.92 Å². The zero-order chi connectivity index (χ0) is 21.0. The molecular formula is C20H30N4O4S. The Kier molecular flexibility index (Phi) is 6.89. The zero-order valence-electron chi connectivity index (χ0n) is 17.1. The second-order valence-corrected chi connectivity index (χ2v) is 9.68. The van der Waals surface area contributed by atoms with Gasteiger partial charge in [0.1, 0.15) is 6.04 Å². The van der Waals surface area contributed by atoms with Crippen LogP contribution >= 0.6 is 11.3 Å². The van der Waals surface area contributed by atoms with Crippen molar-refractivity contribution in [1.82, 2.24) is 14.9 Å². The predicted molar refractivity (Wildman–Crippen MR) is 109 cm³/mol. The van der Waals surface area contributed by atoms with Gasteiger partial charge in [-0.15, -0.1) is 11.3 Å². The number of nitrogens with zero attached hydrogens (tertiary/aromatic N) is 3. The maximum Gasteiger partial charge on any atom is 0.248 e. The third-order valence-corrected chi connectivity index (χ3v) is 6.76. The molecule has 1 spiro atoms. The fourth-order valence-electron chi connectivity index (χ4n) is 4.12. The first kappa shape index (κ1) is 21.7. The van der Waals surface area contributed by atoms with Gasteiger partial charge in [0.25, 0.3) is 0 Å². The predicted octanol–water partition coefficient (Wildman–Crippen LogP) is 2.82. The van der Waals surface area contributed by atoms with Crippen molar-refractivity contribution >= 4 is 34.7 Å². The molecule has 1 aromatic heterocycles. The Balaban J connectivity index is 1.67. The van der Waals surface area contributed by atoms with E-state index in [0.29, 0.717) is 29.6 Å². The molecule has 1 saturated carbocycles. The summed E-state index contributed by atoms with van der Waals surface area (Å²) in [6.07, 6.45) is 7.73. The normalized spacial score (nSPS) is 20.5. The number of thiazole rings is 1. The molecule has 0 radical (unpaired) electrons. The molecule has 2 fully saturated rings. The number of hydrogen-bond acceptors (Lipinski definition) is 6. The monoisotopic (exact) mass is 422 g/mol. The van der Waals surface area contributed by atoms with Gasteiger partial charge in [-0.3, -0.25) is 19.6 Å². The average Bonchev–Trinajstić information content (AvgIpc) is 3.13. The van der Waals surface area contributed by atoms with Crippen LogP contribution in [0.1, 0.15) is 56.7 Å². The van der Waals surface area contributed by atoms with Crippen LogP contribution in [0.4, 0.5) is 5.13 Å². The van der Waals surface area contributed by atoms with Crippen molar-refractivity contribution < 1.29 is 19.6 Å². The molecule has 3 amide bonds. The minimum atomic E-state index is -0.489. The molecule has 160 valence electrons. The summed E-state index contributed by atoms with van der Waals surface area (Å²) in [6, 6.07) is -0.489. The van der Waals surface area contributed by atoms with Gasteiger partial charge in [0.2, 0.25) is 18.2 Å². The highest BCUT2D eigenvalue weighted by Crippen LogP contribution is 2.55. The molecule has 2 N–H and O–H groups in total. The first-order chi connectivity index (χ1) is 13.9. The fourth-order valence-corrected chi connectivity index (χ4v) is 4.78. The summed E-state index contributed by atoms with van der Waals surface area (Å²) in [5, 5.41) is 13.6. The zero-order valence-corrected chi connectivity index (χ0v) is 17.9. The third kappa shape index (κ3) is 5.54. The van der Waals surface area contributed by atoms with Gasteiger partial charge in [0.15, 0.2) is 5.13 Å². The van der Waals surface area contributed by atoms with Crippen LogP contribution in [0.5, 0.6) is 0 Å². The molecule has 2 heterocycles. The Labute approximate surface area is 175 Å². The van der Waals surface area contributed by atoms with Gasteiger partial charge in [0.05, 0.1) is 6.54 Å². The lowest BCUT2D eigenvalue weighted by Crippen LogP contribution is -2.44. The maximum atomic E-state index is 13.1. The number of unbranched alkanes of at least 4 members (excludes halogenated alkanes) is 1. The van der Waals surface area contributed by atoms with Crippen molar-refractivity contribution in [2.45, 2.75) is 64.8 Å². The number of anilines is 1. The van der Waals surface area contributed by atoms with Crippen LogP contribution in [0.25, 0.3) is 0 Å². The molecule has 9 heteroatoms. The largest absolute Gasteiger partial charge is 0.330 e. The van der Waals surface area contributed by atoms with Gasteiger partial charge < -0.3 is 10.2 Å². The van der Waals surface area contributed by atoms with Gasteiger partial charge >= 0.3 is 0 Å². The third-order valence-electron chi connectivity index (χ3n) is 5.94. The lowest BCUT2D eigenvalue weighted by molar-refractivity contribution is -0.154. The number of carbonyl (C=O) groups is 3. The number of nitrogens with one attached hydrogen (secondary N) is 1. The summed E-state index contributed by atoms with van der Waals surface area (Å²) in [4.78, 5) is 43.7. The Morgan fingerprint density at radius 2 is 2.28 bits per heavy atom. The summed E-state index contributed by atoms with van der Waals surface area (Å²) in [7, 11) is 0. The van der Waals surface area contributed by atoms with Gasteiger partial charge in [0, 0.05) is 24.0 Å². The molecule has 3 rings (SSSR count). The molecule has 1 unspecified atom stereocenters. The SMILES string of the molecule is CCCCC(CC(=O)N1CC2(CC2)C[C@H]1C(=O)Nc1ncc(C)s1)CN(O)C=O. The molecule has 1 saturated heterocycles. The molecule has 8 nitrogen and oxygen atoms in total. The van der Waals surface area contributed by atoms with E-state index in [9.17, 15) is 19.6 Å². The van der Waals surface area contributed by atoms with E-state index in [1.165, 1.54) is 11.3 Å². The molecular weight excluding hydrogens is 392 g/mol. The lowest BCUT2D eigenvalue weighted by atomic mass is 9.97. The molecule has 2 aliphatic rings. The van der Waals surface area contributed by atoms with Crippen LogP contribution in [0.3, 0.4) is 0 Å². The minimum Gasteiger partial charge on any atom is -0.330 e. The van der Waals surface area contributed by atoms with Crippen molar-refractivity contribution in [2.24, 2.45) is 11.3 Å². The van der Waals surface area contributed by atoms with E-state index < -0.39 is 6.04 Å². The first-order valence-corrected chi connectivity index (χ1v) is 11.1. The highest BCUT2D eigenvalue weighted by Gasteiger charge is 2.55. The van der Waals surface area contributed by atoms with Gasteiger partial charge in [-0.2, -0.15) is 0 Å². The van der Waals surface area contributed by atoms with E-state index >= 15 is 0 Å². The summed E-state index contributed by atoms with van der Waals surface area (Å²) >= 11 is 1.42. The highest BCUT2D eigenvalue weighted by atomic mass is 32.1. The molecule has 2 atom stereocenters. The summed E-state index contributed by atoms with van der Waals surface area (Å²) in [5.41, 5.74) is 0.0845. The molecule has 0 bridgehead atoms. The van der Waals surface area contributed by atoms with Crippen LogP contribution in [0.2, 0.25) is 0 Å². The van der Waals surface area contributed by atoms with E-state index in [4.69, 9.17) is 0 Å². The number of rotatable bonds is 10. The van der Waals surface area contributed by atoms with Crippen molar-refractivity contribution in [1.29, 1.82) is 0 Å². The number of likely N-dealkylation sites (tertiary alicyclic amines) is 1. The van der Waals surface area contributed by atoms with Crippen LogP contribution < -0.4 is 5.32 Å². The lowest BCUT2D eigenvalue weighted by Gasteiger charge is -2.26. The van der Waals surface area contributed by atoms with Crippen molar-refractivity contribution in [3.05, 3.63) is 11.1 Å². The van der Waals surface area contributed by atoms with Crippen LogP contribution in [0.15, 0.2) is 6.20 Å². The van der Waals surface area contributed by atoms with Gasteiger partial charge in [-0.1, -0.05) is 19.8 Å². The first-order valence-electron chi connectivity index (χ1n) is 10.3. The number of aryl methyl sites for hydroxylation is 1. The van der Waals surface area contributed by atoms with Crippen molar-refractivity contribution in [3.8, 4) is 0 Å². The molecule has 1 aromatic rings. The topological polar surface area (TPSA) is 103 Å². The summed E-state index contributed by atoms with van der Waals surface area (Å²) in [5.74, 6) is -0.387. The highest BCUT2D eigenvalue weighted by molar-refractivity contribution is 7.15. The number of aromatic nitrogens is 1. The Morgan fingerprint density at radius 1 is 1.52 bits per heavy atom. The van der Waals surface area contributed by atoms with E-state index in [1.54, 1.807) is 11.1 Å². The van der Waals surface area contributed by atoms with Crippen molar-refractivity contribution in [2.75, 3.05) is 18.4 Å². The molecule has 29 heavy (non-hydrogen) atoms. The fraction of sp³-hybridized carbons (Fsp3) is 0.700. The number of amides is 3. The quantitative estimate of drug-likeness (QED) is 0.343. The Bertz CT molecular complexity index is 749. The maximum absolute atomic E-state index is 13.1. The Hall–Kier alpha value is -2.00. The van der Waals surface area contributed by atoms with Crippen LogP contribution in [0, 0.1) is 18.3 Å². The number of hydrogen-bond donors (Lipinski definition) is 2. The molecule has 0 aromatic carbocycles. The average molecular weight is 423 g/mol.